The molecule has 2 heteroatoms. The summed E-state index contributed by atoms with van der Waals surface area (Å²) in [5.74, 6) is 0.893. The molecule has 2 unspecified atom stereocenters. The van der Waals surface area contributed by atoms with Gasteiger partial charge in [-0.25, -0.2) is 0 Å². The van der Waals surface area contributed by atoms with Gasteiger partial charge in [-0.05, 0) is 31.4 Å². The minimum atomic E-state index is -0.449. The number of hydrogen-bond acceptors (Lipinski definition) is 2. The van der Waals surface area contributed by atoms with Crippen molar-refractivity contribution in [1.29, 1.82) is 0 Å². The fraction of sp³-hybridized carbons (Fsp3) is 0.500. The maximum absolute atomic E-state index is 10.0. The van der Waals surface area contributed by atoms with E-state index in [1.54, 1.807) is 0 Å². The maximum atomic E-state index is 10.0. The average Bonchev–Trinajstić information content (AvgIpc) is 2.51. The summed E-state index contributed by atoms with van der Waals surface area (Å²) in [6.45, 7) is 6.07. The third-order valence-corrected chi connectivity index (χ3v) is 2.93. The molecule has 14 heavy (non-hydrogen) atoms. The van der Waals surface area contributed by atoms with Crippen molar-refractivity contribution in [3.8, 4) is 5.75 Å². The summed E-state index contributed by atoms with van der Waals surface area (Å²) < 4.78 is 5.73. The molecule has 0 radical (unpaired) electrons. The van der Waals surface area contributed by atoms with E-state index in [2.05, 4.69) is 0 Å². The lowest BCUT2D eigenvalue weighted by Crippen LogP contribution is -2.17. The maximum Gasteiger partial charge on any atom is 0.129 e. The van der Waals surface area contributed by atoms with Gasteiger partial charge in [-0.15, -0.1) is 0 Å². The lowest BCUT2D eigenvalue weighted by atomic mass is 9.98. The van der Waals surface area contributed by atoms with Crippen molar-refractivity contribution < 1.29 is 9.84 Å². The third kappa shape index (κ3) is 1.22. The molecule has 0 fully saturated rings. The highest BCUT2D eigenvalue weighted by atomic mass is 16.5. The van der Waals surface area contributed by atoms with Crippen molar-refractivity contribution in [3.63, 3.8) is 0 Å². The fourth-order valence-electron chi connectivity index (χ4n) is 2.04. The van der Waals surface area contributed by atoms with Gasteiger partial charge in [-0.1, -0.05) is 19.1 Å². The summed E-state index contributed by atoms with van der Waals surface area (Å²) in [5.41, 5.74) is 3.21. The number of aliphatic hydroxyl groups is 1. The Labute approximate surface area is 84.5 Å². The highest BCUT2D eigenvalue weighted by Crippen LogP contribution is 2.41. The molecule has 0 aromatic heterocycles. The predicted octanol–water partition coefficient (Wildman–Crippen LogP) is 2.51. The number of hydrogen-bond donors (Lipinski definition) is 1. The van der Waals surface area contributed by atoms with E-state index >= 15 is 0 Å². The first-order valence-electron chi connectivity index (χ1n) is 5.10. The second-order valence-corrected chi connectivity index (χ2v) is 3.95. The summed E-state index contributed by atoms with van der Waals surface area (Å²) in [7, 11) is 0. The SMILES string of the molecule is CCC1Oc2c(C)ccc(C)c2C1O. The Hall–Kier alpha value is -1.02. The first-order valence-corrected chi connectivity index (χ1v) is 5.10. The molecule has 0 saturated heterocycles. The highest BCUT2D eigenvalue weighted by Gasteiger charge is 2.33. The highest BCUT2D eigenvalue weighted by molar-refractivity contribution is 5.49. The number of rotatable bonds is 1. The molecule has 2 nitrogen and oxygen atoms in total. The van der Waals surface area contributed by atoms with E-state index in [0.29, 0.717) is 0 Å². The largest absolute Gasteiger partial charge is 0.487 e. The summed E-state index contributed by atoms with van der Waals surface area (Å²) >= 11 is 0. The summed E-state index contributed by atoms with van der Waals surface area (Å²) in [6, 6.07) is 4.08. The van der Waals surface area contributed by atoms with Crippen molar-refractivity contribution in [2.75, 3.05) is 0 Å². The van der Waals surface area contributed by atoms with Gasteiger partial charge >= 0.3 is 0 Å². The Morgan fingerprint density at radius 2 is 1.93 bits per heavy atom. The smallest absolute Gasteiger partial charge is 0.129 e. The van der Waals surface area contributed by atoms with E-state index in [1.807, 2.05) is 32.9 Å². The molecule has 1 N–H and O–H groups in total. The van der Waals surface area contributed by atoms with Crippen molar-refractivity contribution in [3.05, 3.63) is 28.8 Å². The zero-order chi connectivity index (χ0) is 10.3. The lowest BCUT2D eigenvalue weighted by molar-refractivity contribution is 0.0649. The van der Waals surface area contributed by atoms with Gasteiger partial charge in [0.25, 0.3) is 0 Å². The number of fused-ring (bicyclic) bond motifs is 1. The number of aryl methyl sites for hydroxylation is 2. The molecule has 2 rings (SSSR count). The van der Waals surface area contributed by atoms with E-state index in [1.165, 1.54) is 0 Å². The van der Waals surface area contributed by atoms with Gasteiger partial charge in [0.2, 0.25) is 0 Å². The standard InChI is InChI=1S/C12H16O2/c1-4-9-11(13)10-7(2)5-6-8(3)12(10)14-9/h5-6,9,11,13H,4H2,1-3H3. The molecule has 0 aliphatic carbocycles. The summed E-state index contributed by atoms with van der Waals surface area (Å²) in [6.07, 6.45) is 0.328. The molecule has 1 aliphatic heterocycles. The molecule has 0 spiro atoms. The Morgan fingerprint density at radius 3 is 2.50 bits per heavy atom. The molecule has 1 aromatic carbocycles. The van der Waals surface area contributed by atoms with Crippen LogP contribution >= 0.6 is 0 Å². The summed E-state index contributed by atoms with van der Waals surface area (Å²) in [5, 5.41) is 10.0. The van der Waals surface area contributed by atoms with Crippen LogP contribution < -0.4 is 4.74 Å². The van der Waals surface area contributed by atoms with Gasteiger partial charge in [0.15, 0.2) is 0 Å². The Kier molecular flexibility index (Phi) is 2.23. The van der Waals surface area contributed by atoms with E-state index < -0.39 is 6.10 Å². The number of benzene rings is 1. The zero-order valence-corrected chi connectivity index (χ0v) is 8.87. The van der Waals surface area contributed by atoms with Gasteiger partial charge in [-0.3, -0.25) is 0 Å². The molecule has 0 bridgehead atoms. The normalized spacial score (nSPS) is 24.6. The van der Waals surface area contributed by atoms with Gasteiger partial charge in [0, 0.05) is 5.56 Å². The quantitative estimate of drug-likeness (QED) is 0.740. The van der Waals surface area contributed by atoms with Crippen LogP contribution in [0.5, 0.6) is 5.75 Å². The predicted molar refractivity (Wildman–Crippen MR) is 55.6 cm³/mol. The van der Waals surface area contributed by atoms with Crippen LogP contribution in [-0.2, 0) is 0 Å². The molecule has 1 aromatic rings. The molecule has 1 heterocycles. The first kappa shape index (κ1) is 9.53. The first-order chi connectivity index (χ1) is 6.65. The zero-order valence-electron chi connectivity index (χ0n) is 8.87. The lowest BCUT2D eigenvalue weighted by Gasteiger charge is -2.11. The van der Waals surface area contributed by atoms with Crippen LogP contribution in [0.25, 0.3) is 0 Å². The van der Waals surface area contributed by atoms with E-state index in [9.17, 15) is 5.11 Å². The second kappa shape index (κ2) is 3.28. The molecule has 2 atom stereocenters. The van der Waals surface area contributed by atoms with Crippen LogP contribution in [0.1, 0.15) is 36.1 Å². The minimum absolute atomic E-state index is 0.0650. The van der Waals surface area contributed by atoms with E-state index in [-0.39, 0.29) is 6.10 Å². The van der Waals surface area contributed by atoms with Crippen molar-refractivity contribution in [2.24, 2.45) is 0 Å². The van der Waals surface area contributed by atoms with Crippen LogP contribution in [0.15, 0.2) is 12.1 Å². The molecular formula is C12H16O2. The molecule has 0 saturated carbocycles. The third-order valence-electron chi connectivity index (χ3n) is 2.93. The van der Waals surface area contributed by atoms with Crippen LogP contribution in [0.3, 0.4) is 0 Å². The second-order valence-electron chi connectivity index (χ2n) is 3.95. The van der Waals surface area contributed by atoms with Gasteiger partial charge in [-0.2, -0.15) is 0 Å². The molecule has 76 valence electrons. The van der Waals surface area contributed by atoms with Crippen molar-refractivity contribution in [1.82, 2.24) is 0 Å². The van der Waals surface area contributed by atoms with Crippen molar-refractivity contribution >= 4 is 0 Å². The Morgan fingerprint density at radius 1 is 1.29 bits per heavy atom. The number of ether oxygens (including phenoxy) is 1. The molecular weight excluding hydrogens is 176 g/mol. The van der Waals surface area contributed by atoms with E-state index in [4.69, 9.17) is 4.74 Å². The Bertz CT molecular complexity index is 358. The van der Waals surface area contributed by atoms with Crippen LogP contribution in [0.2, 0.25) is 0 Å². The fourth-order valence-corrected chi connectivity index (χ4v) is 2.04. The van der Waals surface area contributed by atoms with Gasteiger partial charge in [0.05, 0.1) is 0 Å². The minimum Gasteiger partial charge on any atom is -0.487 e. The Balaban J connectivity index is 2.52. The van der Waals surface area contributed by atoms with Crippen LogP contribution in [0.4, 0.5) is 0 Å². The van der Waals surface area contributed by atoms with Crippen LogP contribution in [-0.4, -0.2) is 11.2 Å². The average molecular weight is 192 g/mol. The van der Waals surface area contributed by atoms with Crippen molar-refractivity contribution in [2.45, 2.75) is 39.4 Å². The topological polar surface area (TPSA) is 29.5 Å². The van der Waals surface area contributed by atoms with E-state index in [0.717, 1.165) is 28.9 Å². The van der Waals surface area contributed by atoms with Gasteiger partial charge < -0.3 is 9.84 Å². The number of aliphatic hydroxyl groups excluding tert-OH is 1. The monoisotopic (exact) mass is 192 g/mol. The van der Waals surface area contributed by atoms with Gasteiger partial charge in [0.1, 0.15) is 18.0 Å². The molecule has 0 amide bonds. The van der Waals surface area contributed by atoms with Crippen LogP contribution in [0, 0.1) is 13.8 Å². The molecule has 1 aliphatic rings. The summed E-state index contributed by atoms with van der Waals surface area (Å²) in [4.78, 5) is 0.